The lowest BCUT2D eigenvalue weighted by atomic mass is 9.78. The van der Waals surface area contributed by atoms with Gasteiger partial charge in [0.2, 0.25) is 0 Å². The van der Waals surface area contributed by atoms with Gasteiger partial charge < -0.3 is 33.9 Å². The van der Waals surface area contributed by atoms with Gasteiger partial charge in [-0.25, -0.2) is 4.79 Å². The number of hydrogen-bond donors (Lipinski definition) is 1. The number of ketones is 10. The van der Waals surface area contributed by atoms with Crippen LogP contribution in [0.3, 0.4) is 0 Å². The lowest BCUT2D eigenvalue weighted by molar-refractivity contribution is -0.132. The highest BCUT2D eigenvalue weighted by atomic mass is 16.6. The Bertz CT molecular complexity index is 5630. The fraction of sp³-hybridized carbons (Fsp3) is 0.513. The molecule has 0 radical (unpaired) electrons. The normalized spacial score (nSPS) is 25.6. The molecule has 5 aliphatic heterocycles. The summed E-state index contributed by atoms with van der Waals surface area (Å²) in [6.07, 6.45) is 15.4. The number of hydrogen-bond acceptors (Lipinski definition) is 17. The minimum atomic E-state index is -0.773. The number of aliphatic hydroxyl groups is 1. The van der Waals surface area contributed by atoms with Crippen LogP contribution in [0.5, 0.6) is 0 Å². The number of aliphatic hydroxyl groups excluding tert-OH is 1. The fourth-order valence-corrected chi connectivity index (χ4v) is 22.9. The van der Waals surface area contributed by atoms with E-state index in [2.05, 4.69) is 58.0 Å². The van der Waals surface area contributed by atoms with Crippen molar-refractivity contribution in [3.63, 3.8) is 0 Å². The molecule has 6 aromatic carbocycles. The Balaban J connectivity index is 0.000000151. The second-order valence-electron chi connectivity index (χ2n) is 42.2. The number of carbonyl (C=O) groups is 12. The van der Waals surface area contributed by atoms with E-state index in [1.54, 1.807) is 4.90 Å². The number of Topliss-reactive ketones (excluding diaryl/α,β-unsaturated/α-hetero) is 10. The van der Waals surface area contributed by atoms with Crippen molar-refractivity contribution < 1.29 is 81.6 Å². The number of rotatable bonds is 13. The number of amides is 2. The van der Waals surface area contributed by atoms with E-state index in [1.165, 1.54) is 5.56 Å². The van der Waals surface area contributed by atoms with E-state index in [0.29, 0.717) is 86.2 Å². The maximum Gasteiger partial charge on any atom is 0.410 e. The average Bonchev–Trinajstić information content (AvgIpc) is 1.64. The zero-order chi connectivity index (χ0) is 97.8. The van der Waals surface area contributed by atoms with Crippen LogP contribution in [0.25, 0.3) is 0 Å². The standard InChI is InChI=1S/C26H27NO3.C25H33NO4.C22H30O4.C22H28O3.C20H24O3/c1-16-11-17(2)23(18(3)12-16)24-22(28)14-21(25(24)29)13-19-9-10-27(15-19)26(30)20-7-5-4-6-8-20;1-15-11-16(2)21(17(3)12-15)22-20(27)14-19(23(22)28)13-18-7-9-26(10-8-18)24(29)30-25(4,5)6;1-12-8-13(2)18(14(3)9-12)19-17(23)10-16(21(19)25)20(24)15-6-7-26-22(4,5)11-15;1-13-8-14(2)19(15(3)9-13)20-18(23)11-17(21(20)24)10-16-6-7-25-22(4,5)12-16;1-4-15-8-12(2)7-13(3)18(15)19-17(21)10-16(20(19)22)9-14-5-6-23-11-14/h4-8,11-13,19,24H,9-10,14-15H2,1-3H3;11-13,18,22H,7-10,14H2,1-6H3;8-9,15-16,19-20,24H,6-7,10-11H2,1-5H3;8-10,16,20H,6-7,11-12H2,1-5H3;7-9,14,19H,4-6,10-11H2,1-3H3/b21-13+;19-13+;;17-10+;16-9+. The molecule has 5 saturated carbocycles. The van der Waals surface area contributed by atoms with Crippen molar-refractivity contribution >= 4 is 69.8 Å². The third kappa shape index (κ3) is 24.1. The first-order valence-corrected chi connectivity index (χ1v) is 48.5. The Morgan fingerprint density at radius 2 is 0.791 bits per heavy atom. The molecular formula is C115H142N2O17. The fourth-order valence-electron chi connectivity index (χ4n) is 22.9. The summed E-state index contributed by atoms with van der Waals surface area (Å²) in [4.78, 5) is 157. The van der Waals surface area contributed by atoms with Crippen LogP contribution < -0.4 is 0 Å². The van der Waals surface area contributed by atoms with Crippen LogP contribution in [-0.4, -0.2) is 160 Å². The largest absolute Gasteiger partial charge is 0.444 e. The van der Waals surface area contributed by atoms with Crippen LogP contribution in [0.2, 0.25) is 0 Å². The molecule has 714 valence electrons. The van der Waals surface area contributed by atoms with Gasteiger partial charge in [0.1, 0.15) is 41.0 Å². The van der Waals surface area contributed by atoms with Gasteiger partial charge in [0.25, 0.3) is 5.91 Å². The molecule has 0 bridgehead atoms. The van der Waals surface area contributed by atoms with Gasteiger partial charge in [0, 0.05) is 95.2 Å². The summed E-state index contributed by atoms with van der Waals surface area (Å²) in [6, 6.07) is 29.8. The van der Waals surface area contributed by atoms with Gasteiger partial charge in [-0.1, -0.05) is 138 Å². The topological polar surface area (TPSA) is 268 Å². The minimum Gasteiger partial charge on any atom is -0.444 e. The molecule has 19 heteroatoms. The molecule has 134 heavy (non-hydrogen) atoms. The number of nitrogens with zero attached hydrogens (tertiary/aromatic N) is 2. The van der Waals surface area contributed by atoms with Gasteiger partial charge in [0.05, 0.1) is 29.8 Å². The smallest absolute Gasteiger partial charge is 0.410 e. The summed E-state index contributed by atoms with van der Waals surface area (Å²) in [6.45, 7) is 49.0. The van der Waals surface area contributed by atoms with E-state index in [4.69, 9.17) is 18.9 Å². The highest BCUT2D eigenvalue weighted by Crippen LogP contribution is 2.46. The van der Waals surface area contributed by atoms with Crippen molar-refractivity contribution in [2.24, 2.45) is 35.5 Å². The highest BCUT2D eigenvalue weighted by molar-refractivity contribution is 6.25. The molecule has 10 aliphatic rings. The molecule has 6 aromatic rings. The molecule has 5 saturated heterocycles. The SMILES string of the molecule is CCc1cc(C)cc(C)c1C1C(=O)C/C(=C\C2CCOC2)C1=O.Cc1cc(C)c(C2C(=O)C/C(=C\C3CCN(C(=O)OC(C)(C)C)CC3)C2=O)c(C)c1.Cc1cc(C)c(C2C(=O)C/C(=C\C3CCN(C(=O)c4ccccc4)C3)C2=O)c(C)c1.Cc1cc(C)c(C2C(=O)C/C(=C\C3CCOC(C)(C)C3)C2=O)c(C)c1.Cc1cc(C)c(C2C(=O)CC(C(O)C3CCOC(C)(C)C3)C2=O)c(C)c1. The molecule has 10 fully saturated rings. The summed E-state index contributed by atoms with van der Waals surface area (Å²) in [5, 5.41) is 10.9. The summed E-state index contributed by atoms with van der Waals surface area (Å²) in [5.74, 6) is -3.15. The monoisotopic (exact) mass is 1820 g/mol. The van der Waals surface area contributed by atoms with Gasteiger partial charge in [-0.15, -0.1) is 0 Å². The van der Waals surface area contributed by atoms with E-state index >= 15 is 0 Å². The second-order valence-corrected chi connectivity index (χ2v) is 42.2. The number of carbonyl (C=O) groups excluding carboxylic acids is 12. The summed E-state index contributed by atoms with van der Waals surface area (Å²) >= 11 is 0. The molecule has 5 heterocycles. The summed E-state index contributed by atoms with van der Waals surface area (Å²) < 4.78 is 22.3. The zero-order valence-electron chi connectivity index (χ0n) is 83.3. The van der Waals surface area contributed by atoms with Crippen LogP contribution in [0, 0.1) is 132 Å². The van der Waals surface area contributed by atoms with E-state index < -0.39 is 47.2 Å². The molecule has 5 aliphatic carbocycles. The van der Waals surface area contributed by atoms with Gasteiger partial charge in [-0.2, -0.15) is 0 Å². The highest BCUT2D eigenvalue weighted by Gasteiger charge is 2.51. The van der Waals surface area contributed by atoms with E-state index in [9.17, 15) is 62.6 Å². The van der Waals surface area contributed by atoms with E-state index in [1.807, 2.05) is 214 Å². The molecule has 0 aromatic heterocycles. The Hall–Kier alpha value is -10.4. The molecule has 11 atom stereocenters. The molecule has 16 rings (SSSR count). The number of allylic oxidation sites excluding steroid dienone is 6. The minimum absolute atomic E-state index is 0.000498. The second kappa shape index (κ2) is 42.9. The molecule has 11 unspecified atom stereocenters. The van der Waals surface area contributed by atoms with E-state index in [-0.39, 0.29) is 137 Å². The Kier molecular flexibility index (Phi) is 32.8. The summed E-state index contributed by atoms with van der Waals surface area (Å²) in [7, 11) is 0. The van der Waals surface area contributed by atoms with Crippen molar-refractivity contribution in [3.05, 3.63) is 254 Å². The van der Waals surface area contributed by atoms with Crippen molar-refractivity contribution in [2.75, 3.05) is 52.6 Å². The van der Waals surface area contributed by atoms with Crippen molar-refractivity contribution in [1.29, 1.82) is 0 Å². The number of ether oxygens (including phenoxy) is 4. The lowest BCUT2D eigenvalue weighted by Gasteiger charge is -2.38. The number of likely N-dealkylation sites (tertiary alicyclic amines) is 2. The lowest BCUT2D eigenvalue weighted by Crippen LogP contribution is -2.42. The Labute approximate surface area is 793 Å². The van der Waals surface area contributed by atoms with Crippen LogP contribution in [0.15, 0.2) is 138 Å². The van der Waals surface area contributed by atoms with E-state index in [0.717, 1.165) is 164 Å². The maximum absolute atomic E-state index is 13.2. The van der Waals surface area contributed by atoms with Gasteiger partial charge in [-0.3, -0.25) is 52.7 Å². The summed E-state index contributed by atoms with van der Waals surface area (Å²) in [5.41, 5.74) is 22.8. The van der Waals surface area contributed by atoms with Crippen LogP contribution in [0.1, 0.15) is 290 Å². The third-order valence-corrected chi connectivity index (χ3v) is 28.6. The molecule has 2 amide bonds. The van der Waals surface area contributed by atoms with Crippen molar-refractivity contribution in [1.82, 2.24) is 9.80 Å². The number of aryl methyl sites for hydroxylation is 15. The maximum atomic E-state index is 13.2. The molecule has 19 nitrogen and oxygen atoms in total. The Morgan fingerprint density at radius 3 is 1.19 bits per heavy atom. The first-order chi connectivity index (χ1) is 63.1. The molecule has 0 spiro atoms. The molecule has 1 N–H and O–H groups in total. The van der Waals surface area contributed by atoms with Crippen molar-refractivity contribution in [3.8, 4) is 0 Å². The third-order valence-electron chi connectivity index (χ3n) is 28.6. The predicted octanol–water partition coefficient (Wildman–Crippen LogP) is 20.4. The Morgan fingerprint density at radius 1 is 0.433 bits per heavy atom. The number of benzene rings is 6. The van der Waals surface area contributed by atoms with Crippen molar-refractivity contribution in [2.45, 2.75) is 295 Å². The van der Waals surface area contributed by atoms with Gasteiger partial charge in [0.15, 0.2) is 52.0 Å². The van der Waals surface area contributed by atoms with Crippen LogP contribution in [0.4, 0.5) is 4.79 Å². The number of piperidine rings is 1. The predicted molar refractivity (Wildman–Crippen MR) is 522 cm³/mol. The zero-order valence-corrected chi connectivity index (χ0v) is 83.3. The van der Waals surface area contributed by atoms with Crippen LogP contribution >= 0.6 is 0 Å². The molecular weight excluding hydrogens is 1680 g/mol. The first-order valence-electron chi connectivity index (χ1n) is 48.5. The average molecular weight is 1820 g/mol. The van der Waals surface area contributed by atoms with Crippen LogP contribution in [-0.2, 0) is 73.3 Å². The quantitative estimate of drug-likeness (QED) is 0.0831. The van der Waals surface area contributed by atoms with Gasteiger partial charge in [-0.05, 0) is 339 Å². The first kappa shape index (κ1) is 103. The van der Waals surface area contributed by atoms with Gasteiger partial charge >= 0.3 is 6.09 Å².